The summed E-state index contributed by atoms with van der Waals surface area (Å²) in [4.78, 5) is 24.0. The van der Waals surface area contributed by atoms with E-state index in [1.807, 2.05) is 6.92 Å². The summed E-state index contributed by atoms with van der Waals surface area (Å²) in [5, 5.41) is 17.1. The number of halogens is 2. The minimum absolute atomic E-state index is 0.0453. The molecule has 2 amide bonds. The van der Waals surface area contributed by atoms with Gasteiger partial charge in [0.25, 0.3) is 5.91 Å². The van der Waals surface area contributed by atoms with E-state index < -0.39 is 17.3 Å². The van der Waals surface area contributed by atoms with Gasteiger partial charge in [0.05, 0.1) is 0 Å². The summed E-state index contributed by atoms with van der Waals surface area (Å²) in [6.45, 7) is 1.95. The number of carbonyl (C=O) groups is 2. The van der Waals surface area contributed by atoms with Crippen molar-refractivity contribution in [3.8, 4) is 0 Å². The first-order valence-corrected chi connectivity index (χ1v) is 11.1. The fourth-order valence-electron chi connectivity index (χ4n) is 4.42. The molecule has 162 valence electrons. The van der Waals surface area contributed by atoms with Gasteiger partial charge in [-0.25, -0.2) is 14.6 Å². The Balaban J connectivity index is 1.43. The van der Waals surface area contributed by atoms with Gasteiger partial charge < -0.3 is 15.2 Å². The lowest BCUT2D eigenvalue weighted by molar-refractivity contribution is -0.132. The average molecular weight is 482 g/mol. The molecule has 1 spiro atoms. The Bertz CT molecular complexity index is 894. The van der Waals surface area contributed by atoms with Gasteiger partial charge in [-0.2, -0.15) is 5.10 Å². The van der Waals surface area contributed by atoms with Crippen LogP contribution in [0.4, 0.5) is 9.18 Å². The van der Waals surface area contributed by atoms with Crippen LogP contribution in [-0.4, -0.2) is 40.1 Å². The summed E-state index contributed by atoms with van der Waals surface area (Å²) >= 11 is 3.39. The molecule has 1 heterocycles. The minimum Gasteiger partial charge on any atom is -0.435 e. The fraction of sp³-hybridized carbons (Fsp3) is 0.571. The lowest BCUT2D eigenvalue weighted by Crippen LogP contribution is -2.52. The first-order valence-electron chi connectivity index (χ1n) is 10.3. The van der Waals surface area contributed by atoms with Gasteiger partial charge in [0, 0.05) is 16.1 Å². The second-order valence-corrected chi connectivity index (χ2v) is 9.52. The summed E-state index contributed by atoms with van der Waals surface area (Å²) in [7, 11) is 0. The summed E-state index contributed by atoms with van der Waals surface area (Å²) in [5.41, 5.74) is 1.63. The molecule has 2 saturated carbocycles. The van der Waals surface area contributed by atoms with Gasteiger partial charge in [0.2, 0.25) is 0 Å². The molecule has 3 aliphatic rings. The zero-order valence-electron chi connectivity index (χ0n) is 16.7. The number of rotatable bonds is 5. The molecule has 2 fully saturated rings. The highest BCUT2D eigenvalue weighted by molar-refractivity contribution is 9.10. The lowest BCUT2D eigenvalue weighted by atomic mass is 9.73. The number of hydrogen-bond acceptors (Lipinski definition) is 5. The van der Waals surface area contributed by atoms with Crippen LogP contribution < -0.4 is 10.7 Å². The maximum absolute atomic E-state index is 13.5. The second-order valence-electron chi connectivity index (χ2n) is 8.67. The topological polar surface area (TPSA) is 100 Å². The Morgan fingerprint density at radius 2 is 2.10 bits per heavy atom. The van der Waals surface area contributed by atoms with Crippen molar-refractivity contribution in [3.63, 3.8) is 0 Å². The van der Waals surface area contributed by atoms with E-state index in [2.05, 4.69) is 31.8 Å². The van der Waals surface area contributed by atoms with Gasteiger partial charge in [-0.05, 0) is 76.0 Å². The molecule has 1 aliphatic heterocycles. The quantitative estimate of drug-likeness (QED) is 0.599. The average Bonchev–Trinajstić information content (AvgIpc) is 3.44. The highest BCUT2D eigenvalue weighted by Gasteiger charge is 2.49. The molecule has 0 aromatic heterocycles. The van der Waals surface area contributed by atoms with E-state index in [1.54, 1.807) is 6.07 Å². The van der Waals surface area contributed by atoms with E-state index >= 15 is 0 Å². The molecule has 0 unspecified atom stereocenters. The second kappa shape index (κ2) is 7.92. The van der Waals surface area contributed by atoms with Crippen molar-refractivity contribution in [1.29, 1.82) is 0 Å². The molecule has 30 heavy (non-hydrogen) atoms. The van der Waals surface area contributed by atoms with Gasteiger partial charge in [-0.1, -0.05) is 15.9 Å². The maximum atomic E-state index is 13.5. The van der Waals surface area contributed by atoms with Crippen molar-refractivity contribution < 1.29 is 23.8 Å². The number of amides is 2. The summed E-state index contributed by atoms with van der Waals surface area (Å²) in [6, 6.07) is 4.31. The third-order valence-electron chi connectivity index (χ3n) is 6.29. The smallest absolute Gasteiger partial charge is 0.428 e. The van der Waals surface area contributed by atoms with Crippen molar-refractivity contribution in [1.82, 2.24) is 10.7 Å². The number of carbonyl (C=O) groups excluding carboxylic acids is 2. The molecule has 1 atom stereocenters. The highest BCUT2D eigenvalue weighted by Crippen LogP contribution is 2.42. The Morgan fingerprint density at radius 1 is 1.40 bits per heavy atom. The van der Waals surface area contributed by atoms with E-state index in [1.165, 1.54) is 12.1 Å². The molecule has 4 rings (SSSR count). The molecule has 0 saturated heterocycles. The Kier molecular flexibility index (Phi) is 5.61. The Morgan fingerprint density at radius 3 is 2.73 bits per heavy atom. The van der Waals surface area contributed by atoms with Gasteiger partial charge >= 0.3 is 6.09 Å². The molecule has 0 bridgehead atoms. The van der Waals surface area contributed by atoms with Crippen LogP contribution in [0, 0.1) is 11.7 Å². The first kappa shape index (κ1) is 21.2. The lowest BCUT2D eigenvalue weighted by Gasteiger charge is -2.42. The number of aliphatic hydroxyl groups is 1. The van der Waals surface area contributed by atoms with E-state index in [4.69, 9.17) is 4.74 Å². The van der Waals surface area contributed by atoms with E-state index in [9.17, 15) is 19.1 Å². The van der Waals surface area contributed by atoms with Gasteiger partial charge in [0.15, 0.2) is 5.60 Å². The summed E-state index contributed by atoms with van der Waals surface area (Å²) < 4.78 is 19.8. The molecule has 1 aromatic carbocycles. The number of nitrogens with one attached hydrogen (secondary N) is 2. The monoisotopic (exact) mass is 481 g/mol. The third-order valence-corrected chi connectivity index (χ3v) is 6.94. The van der Waals surface area contributed by atoms with Crippen molar-refractivity contribution in [2.24, 2.45) is 11.0 Å². The molecular weight excluding hydrogens is 457 g/mol. The van der Waals surface area contributed by atoms with Crippen LogP contribution in [0.5, 0.6) is 0 Å². The van der Waals surface area contributed by atoms with Crippen LogP contribution in [0.1, 0.15) is 57.4 Å². The van der Waals surface area contributed by atoms with E-state index in [0.717, 1.165) is 19.3 Å². The summed E-state index contributed by atoms with van der Waals surface area (Å²) in [6.07, 6.45) is 4.04. The number of ether oxygens (including phenoxy) is 1. The maximum Gasteiger partial charge on any atom is 0.428 e. The predicted molar refractivity (Wildman–Crippen MR) is 111 cm³/mol. The molecule has 0 radical (unpaired) electrons. The Labute approximate surface area is 182 Å². The van der Waals surface area contributed by atoms with Crippen LogP contribution >= 0.6 is 15.9 Å². The van der Waals surface area contributed by atoms with Crippen LogP contribution in [-0.2, 0) is 9.53 Å². The number of nitrogens with zero attached hydrogens (tertiary/aromatic N) is 1. The van der Waals surface area contributed by atoms with Crippen molar-refractivity contribution in [2.45, 2.75) is 69.1 Å². The molecule has 3 N–H and O–H groups in total. The molecular formula is C21H25BrFN3O4. The van der Waals surface area contributed by atoms with Crippen molar-refractivity contribution in [2.75, 3.05) is 0 Å². The third kappa shape index (κ3) is 4.23. The molecule has 1 aromatic rings. The zero-order chi connectivity index (χ0) is 21.5. The highest BCUT2D eigenvalue weighted by atomic mass is 79.9. The van der Waals surface area contributed by atoms with Crippen molar-refractivity contribution >= 4 is 33.6 Å². The fourth-order valence-corrected chi connectivity index (χ4v) is 4.96. The SMILES string of the molecule is C[C@@H](CC1CCC2(CC1)OC(=O)NN=C2c1ccc(F)cc1Br)NC(=O)C1(O)CC1. The normalized spacial score (nSPS) is 28.2. The van der Waals surface area contributed by atoms with Gasteiger partial charge in [-0.15, -0.1) is 0 Å². The van der Waals surface area contributed by atoms with Gasteiger partial charge in [0.1, 0.15) is 17.1 Å². The van der Waals surface area contributed by atoms with Crippen molar-refractivity contribution in [3.05, 3.63) is 34.1 Å². The number of benzene rings is 1. The largest absolute Gasteiger partial charge is 0.435 e. The van der Waals surface area contributed by atoms with Crippen LogP contribution in [0.25, 0.3) is 0 Å². The Hall–Kier alpha value is -2.00. The molecule has 9 heteroatoms. The first-order chi connectivity index (χ1) is 14.2. The minimum atomic E-state index is -1.16. The molecule has 7 nitrogen and oxygen atoms in total. The number of hydrazone groups is 1. The van der Waals surface area contributed by atoms with Gasteiger partial charge in [-0.3, -0.25) is 4.79 Å². The molecule has 2 aliphatic carbocycles. The van der Waals surface area contributed by atoms with E-state index in [-0.39, 0.29) is 17.8 Å². The summed E-state index contributed by atoms with van der Waals surface area (Å²) in [5.74, 6) is -0.298. The predicted octanol–water partition coefficient (Wildman–Crippen LogP) is 3.38. The standard InChI is InChI=1S/C21H25BrFN3O4/c1-12(24-18(27)20(29)8-9-20)10-13-4-6-21(7-5-13)17(25-26-19(28)30-21)15-3-2-14(23)11-16(15)22/h2-3,11-13,29H,4-10H2,1H3,(H,24,27)(H,26,28)/t12-,13?,21?/m0/s1. The number of hydrogen-bond donors (Lipinski definition) is 3. The van der Waals surface area contributed by atoms with Crippen LogP contribution in [0.3, 0.4) is 0 Å². The van der Waals surface area contributed by atoms with E-state index in [0.29, 0.717) is 47.3 Å². The van der Waals surface area contributed by atoms with Crippen LogP contribution in [0.2, 0.25) is 0 Å². The zero-order valence-corrected chi connectivity index (χ0v) is 18.3. The van der Waals surface area contributed by atoms with Crippen LogP contribution in [0.15, 0.2) is 27.8 Å².